The average molecular weight is 73.8 g/mol. The van der Waals surface area contributed by atoms with Crippen LogP contribution in [0.5, 0.6) is 0 Å². The van der Waals surface area contributed by atoms with Gasteiger partial charge in [0, 0.05) is 0 Å². The molecule has 0 aliphatic heterocycles. The van der Waals surface area contributed by atoms with E-state index in [-0.39, 0.29) is 6.47 Å². The first-order valence-electron chi connectivity index (χ1n) is 1.08. The van der Waals surface area contributed by atoms with Crippen molar-refractivity contribution in [2.24, 2.45) is 0 Å². The van der Waals surface area contributed by atoms with Crippen LogP contribution in [0.4, 0.5) is 0 Å². The van der Waals surface area contributed by atoms with E-state index in [1.165, 1.54) is 0 Å². The maximum absolute atomic E-state index is 9.02. The van der Waals surface area contributed by atoms with Crippen molar-refractivity contribution in [3.05, 3.63) is 0 Å². The van der Waals surface area contributed by atoms with E-state index in [1.54, 1.807) is 0 Å². The van der Waals surface area contributed by atoms with Gasteiger partial charge in [-0.2, -0.15) is 0 Å². The molecule has 0 saturated heterocycles. The van der Waals surface area contributed by atoms with Crippen molar-refractivity contribution in [2.75, 3.05) is 0 Å². The van der Waals surface area contributed by atoms with Gasteiger partial charge >= 0.3 is 7.69 Å². The highest BCUT2D eigenvalue weighted by Crippen LogP contribution is 1.45. The number of carbonyl (C=O) groups excluding carboxylic acids is 1. The summed E-state index contributed by atoms with van der Waals surface area (Å²) in [4.78, 5) is 9.02. The minimum Gasteiger partial charge on any atom is -0.515 e. The summed E-state index contributed by atoms with van der Waals surface area (Å²) < 4.78 is 3.71. The molecule has 28 valence electrons. The Labute approximate surface area is 29.9 Å². The van der Waals surface area contributed by atoms with E-state index in [2.05, 4.69) is 4.65 Å². The van der Waals surface area contributed by atoms with Crippen molar-refractivity contribution in [2.45, 2.75) is 0 Å². The summed E-state index contributed by atoms with van der Waals surface area (Å²) in [7, 11) is -0.524. The number of carbonyl (C=O) groups is 1. The lowest BCUT2D eigenvalue weighted by Gasteiger charge is -1.76. The second-order valence-electron chi connectivity index (χ2n) is 0.392. The summed E-state index contributed by atoms with van der Waals surface area (Å²) in [5.41, 5.74) is 0. The standard InChI is InChI=1S/CH3BO3/c3-1-5-2-4/h1-2,4H. The van der Waals surface area contributed by atoms with Gasteiger partial charge < -0.3 is 9.68 Å². The van der Waals surface area contributed by atoms with E-state index in [9.17, 15) is 0 Å². The van der Waals surface area contributed by atoms with Crippen LogP contribution in [0.25, 0.3) is 0 Å². The van der Waals surface area contributed by atoms with Crippen molar-refractivity contribution >= 4 is 14.2 Å². The highest BCUT2D eigenvalue weighted by molar-refractivity contribution is 6.18. The Morgan fingerprint density at radius 2 is 2.60 bits per heavy atom. The van der Waals surface area contributed by atoms with Crippen molar-refractivity contribution in [3.63, 3.8) is 0 Å². The topological polar surface area (TPSA) is 46.5 Å². The van der Waals surface area contributed by atoms with E-state index in [1.807, 2.05) is 0 Å². The fourth-order valence-electron chi connectivity index (χ4n) is 0.0304. The van der Waals surface area contributed by atoms with Gasteiger partial charge in [-0.15, -0.1) is 0 Å². The molecule has 0 aromatic carbocycles. The molecule has 0 aromatic heterocycles. The third-order valence-corrected chi connectivity index (χ3v) is 0.143. The summed E-state index contributed by atoms with van der Waals surface area (Å²) in [5.74, 6) is 0. The van der Waals surface area contributed by atoms with Gasteiger partial charge in [0.2, 0.25) is 0 Å². The lowest BCUT2D eigenvalue weighted by Crippen LogP contribution is -1.91. The first-order valence-corrected chi connectivity index (χ1v) is 1.08. The van der Waals surface area contributed by atoms with Gasteiger partial charge in [0.25, 0.3) is 6.47 Å². The Morgan fingerprint density at radius 1 is 2.00 bits per heavy atom. The van der Waals surface area contributed by atoms with Gasteiger partial charge in [-0.25, -0.2) is 0 Å². The Kier molecular flexibility index (Phi) is 3.14. The highest BCUT2D eigenvalue weighted by Gasteiger charge is 1.71. The largest absolute Gasteiger partial charge is 0.515 e. The first kappa shape index (κ1) is 4.49. The maximum Gasteiger partial charge on any atom is 0.505 e. The van der Waals surface area contributed by atoms with Crippen molar-refractivity contribution in [1.29, 1.82) is 0 Å². The SMILES string of the molecule is O=COBO. The molecule has 0 amide bonds. The molecule has 0 radical (unpaired) electrons. The van der Waals surface area contributed by atoms with Gasteiger partial charge in [-0.05, 0) is 0 Å². The van der Waals surface area contributed by atoms with Gasteiger partial charge in [-0.1, -0.05) is 0 Å². The predicted molar refractivity (Wildman–Crippen MR) is 16.5 cm³/mol. The Balaban J connectivity index is 2.40. The van der Waals surface area contributed by atoms with Crippen molar-refractivity contribution in [1.82, 2.24) is 0 Å². The minimum atomic E-state index is -0.524. The fraction of sp³-hybridized carbons (Fsp3) is 0. The lowest BCUT2D eigenvalue weighted by molar-refractivity contribution is -0.121. The second kappa shape index (κ2) is 3.49. The third kappa shape index (κ3) is 3.49. The van der Waals surface area contributed by atoms with E-state index < -0.39 is 7.69 Å². The van der Waals surface area contributed by atoms with Crippen LogP contribution in [-0.2, 0) is 9.45 Å². The van der Waals surface area contributed by atoms with Gasteiger partial charge in [0.05, 0.1) is 0 Å². The zero-order chi connectivity index (χ0) is 4.12. The smallest absolute Gasteiger partial charge is 0.505 e. The molecule has 0 aliphatic rings. The van der Waals surface area contributed by atoms with Gasteiger partial charge in [-0.3, -0.25) is 4.79 Å². The Bertz CT molecular complexity index is 28.1. The Hall–Kier alpha value is -0.505. The van der Waals surface area contributed by atoms with Crippen LogP contribution >= 0.6 is 0 Å². The molecule has 0 aliphatic carbocycles. The normalized spacial score (nSPS) is 5.80. The van der Waals surface area contributed by atoms with Crippen LogP contribution in [0.15, 0.2) is 0 Å². The van der Waals surface area contributed by atoms with Gasteiger partial charge in [0.15, 0.2) is 0 Å². The van der Waals surface area contributed by atoms with Crippen LogP contribution in [0, 0.1) is 0 Å². The molecule has 3 nitrogen and oxygen atoms in total. The molecule has 0 fully saturated rings. The number of hydrogen-bond donors (Lipinski definition) is 1. The molecule has 0 heterocycles. The first-order chi connectivity index (χ1) is 2.41. The molecular weight excluding hydrogens is 70.8 g/mol. The van der Waals surface area contributed by atoms with E-state index >= 15 is 0 Å². The predicted octanol–water partition coefficient (Wildman–Crippen LogP) is -1.58. The fourth-order valence-corrected chi connectivity index (χ4v) is 0.0304. The minimum absolute atomic E-state index is 0.181. The van der Waals surface area contributed by atoms with Gasteiger partial charge in [0.1, 0.15) is 0 Å². The summed E-state index contributed by atoms with van der Waals surface area (Å²) in [6, 6.07) is 0. The van der Waals surface area contributed by atoms with Crippen LogP contribution in [-0.4, -0.2) is 19.2 Å². The molecule has 0 atom stereocenters. The molecule has 0 rings (SSSR count). The molecule has 0 aromatic rings. The van der Waals surface area contributed by atoms with E-state index in [0.29, 0.717) is 0 Å². The van der Waals surface area contributed by atoms with Crippen LogP contribution in [0.2, 0.25) is 0 Å². The second-order valence-corrected chi connectivity index (χ2v) is 0.392. The summed E-state index contributed by atoms with van der Waals surface area (Å²) in [6.07, 6.45) is 0. The quantitative estimate of drug-likeness (QED) is 0.317. The molecule has 1 N–H and O–H groups in total. The zero-order valence-corrected chi connectivity index (χ0v) is 2.55. The highest BCUT2D eigenvalue weighted by atomic mass is 16.5. The number of hydrogen-bond acceptors (Lipinski definition) is 3. The molecule has 0 bridgehead atoms. The molecule has 0 spiro atoms. The third-order valence-electron chi connectivity index (χ3n) is 0.143. The van der Waals surface area contributed by atoms with E-state index in [0.717, 1.165) is 0 Å². The summed E-state index contributed by atoms with van der Waals surface area (Å²) in [5, 5.41) is 7.61. The van der Waals surface area contributed by atoms with Crippen LogP contribution in [0.1, 0.15) is 0 Å². The number of rotatable bonds is 2. The monoisotopic (exact) mass is 74.0 g/mol. The lowest BCUT2D eigenvalue weighted by atomic mass is 10.4. The van der Waals surface area contributed by atoms with Crippen molar-refractivity contribution < 1.29 is 14.5 Å². The molecule has 5 heavy (non-hydrogen) atoms. The van der Waals surface area contributed by atoms with Crippen LogP contribution < -0.4 is 0 Å². The Morgan fingerprint density at radius 3 is 2.60 bits per heavy atom. The molecule has 4 heteroatoms. The molecule has 0 unspecified atom stereocenters. The van der Waals surface area contributed by atoms with Crippen molar-refractivity contribution in [3.8, 4) is 0 Å². The summed E-state index contributed by atoms with van der Waals surface area (Å²) >= 11 is 0. The van der Waals surface area contributed by atoms with E-state index in [4.69, 9.17) is 9.82 Å². The van der Waals surface area contributed by atoms with Crippen LogP contribution in [0.3, 0.4) is 0 Å². The maximum atomic E-state index is 9.02. The molecular formula is CH3BO3. The average Bonchev–Trinajstić information content (AvgIpc) is 1.41. The summed E-state index contributed by atoms with van der Waals surface area (Å²) in [6.45, 7) is 0.181. The zero-order valence-electron chi connectivity index (χ0n) is 2.55. The molecule has 0 saturated carbocycles.